The lowest BCUT2D eigenvalue weighted by molar-refractivity contribution is 0.271. The first kappa shape index (κ1) is 12.6. The zero-order valence-electron chi connectivity index (χ0n) is 10.6. The van der Waals surface area contributed by atoms with Gasteiger partial charge in [-0.05, 0) is 18.7 Å². The first-order chi connectivity index (χ1) is 8.74. The predicted molar refractivity (Wildman–Crippen MR) is 71.1 cm³/mol. The van der Waals surface area contributed by atoms with Gasteiger partial charge in [-0.2, -0.15) is 0 Å². The Labute approximate surface area is 107 Å². The molecule has 0 unspecified atom stereocenters. The average molecular weight is 249 g/mol. The van der Waals surface area contributed by atoms with Crippen LogP contribution < -0.4 is 10.6 Å². The summed E-state index contributed by atoms with van der Waals surface area (Å²) in [5.41, 5.74) is 7.05. The van der Waals surface area contributed by atoms with E-state index in [1.165, 1.54) is 0 Å². The number of nitrogens with two attached hydrogens (primary N) is 1. The largest absolute Gasteiger partial charge is 0.409 e. The predicted octanol–water partition coefficient (Wildman–Crippen LogP) is 0.318. The second-order valence-corrected chi connectivity index (χ2v) is 4.31. The van der Waals surface area contributed by atoms with Gasteiger partial charge in [-0.3, -0.25) is 4.98 Å². The van der Waals surface area contributed by atoms with Crippen LogP contribution in [-0.2, 0) is 0 Å². The second-order valence-electron chi connectivity index (χ2n) is 4.31. The van der Waals surface area contributed by atoms with Crippen molar-refractivity contribution in [2.75, 3.05) is 37.6 Å². The Morgan fingerprint density at radius 1 is 1.39 bits per heavy atom. The zero-order chi connectivity index (χ0) is 13.0. The van der Waals surface area contributed by atoms with Crippen LogP contribution in [-0.4, -0.2) is 53.7 Å². The monoisotopic (exact) mass is 249 g/mol. The van der Waals surface area contributed by atoms with Crippen LogP contribution in [0, 0.1) is 0 Å². The molecule has 2 heterocycles. The van der Waals surface area contributed by atoms with Gasteiger partial charge in [0.2, 0.25) is 0 Å². The van der Waals surface area contributed by atoms with Crippen LogP contribution in [0.15, 0.2) is 23.5 Å². The van der Waals surface area contributed by atoms with Crippen LogP contribution in [0.3, 0.4) is 0 Å². The lowest BCUT2D eigenvalue weighted by atomic mass is 10.2. The van der Waals surface area contributed by atoms with Crippen LogP contribution in [0.4, 0.5) is 5.69 Å². The van der Waals surface area contributed by atoms with Crippen molar-refractivity contribution in [1.29, 1.82) is 0 Å². The molecule has 0 radical (unpaired) electrons. The summed E-state index contributed by atoms with van der Waals surface area (Å²) >= 11 is 0. The number of hydrogen-bond donors (Lipinski definition) is 2. The fraction of sp³-hybridized carbons (Fsp3) is 0.500. The minimum absolute atomic E-state index is 0.0392. The molecule has 1 aliphatic heterocycles. The molecule has 6 heteroatoms. The third kappa shape index (κ3) is 2.70. The van der Waals surface area contributed by atoms with Gasteiger partial charge >= 0.3 is 0 Å². The summed E-state index contributed by atoms with van der Waals surface area (Å²) in [4.78, 5) is 8.92. The van der Waals surface area contributed by atoms with Crippen molar-refractivity contribution in [3.63, 3.8) is 0 Å². The van der Waals surface area contributed by atoms with Crippen LogP contribution in [0.25, 0.3) is 0 Å². The summed E-state index contributed by atoms with van der Waals surface area (Å²) in [5, 5.41) is 11.5. The molecule has 0 saturated carbocycles. The van der Waals surface area contributed by atoms with Gasteiger partial charge in [-0.1, -0.05) is 12.1 Å². The van der Waals surface area contributed by atoms with Crippen molar-refractivity contribution in [1.82, 2.24) is 9.88 Å². The summed E-state index contributed by atoms with van der Waals surface area (Å²) < 4.78 is 0. The third-order valence-electron chi connectivity index (χ3n) is 3.30. The number of likely N-dealkylation sites (N-methyl/N-ethyl adjacent to an activating group) is 1. The molecule has 0 amide bonds. The lowest BCUT2D eigenvalue weighted by Gasteiger charge is -2.35. The number of pyridine rings is 1. The number of rotatable bonds is 3. The third-order valence-corrected chi connectivity index (χ3v) is 3.30. The van der Waals surface area contributed by atoms with Gasteiger partial charge in [0.1, 0.15) is 5.69 Å². The van der Waals surface area contributed by atoms with Crippen molar-refractivity contribution in [2.24, 2.45) is 10.9 Å². The molecular formula is C12H19N5O. The molecule has 1 saturated heterocycles. The molecule has 6 nitrogen and oxygen atoms in total. The Hall–Kier alpha value is -1.82. The normalized spacial score (nSPS) is 18.1. The topological polar surface area (TPSA) is 78.0 Å². The van der Waals surface area contributed by atoms with Gasteiger partial charge in [0.25, 0.3) is 0 Å². The fourth-order valence-electron chi connectivity index (χ4n) is 2.10. The van der Waals surface area contributed by atoms with E-state index >= 15 is 0 Å². The van der Waals surface area contributed by atoms with E-state index in [1.54, 1.807) is 12.3 Å². The molecule has 98 valence electrons. The fourth-order valence-corrected chi connectivity index (χ4v) is 2.10. The number of aromatic nitrogens is 1. The van der Waals surface area contributed by atoms with E-state index in [0.717, 1.165) is 38.4 Å². The molecule has 0 bridgehead atoms. The van der Waals surface area contributed by atoms with Crippen molar-refractivity contribution in [3.8, 4) is 0 Å². The Morgan fingerprint density at radius 2 is 2.11 bits per heavy atom. The van der Waals surface area contributed by atoms with E-state index < -0.39 is 0 Å². The molecular weight excluding hydrogens is 230 g/mol. The Balaban J connectivity index is 2.02. The molecule has 2 rings (SSSR count). The van der Waals surface area contributed by atoms with Gasteiger partial charge in [-0.25, -0.2) is 0 Å². The van der Waals surface area contributed by atoms with Gasteiger partial charge in [-0.15, -0.1) is 0 Å². The number of piperazine rings is 1. The Kier molecular flexibility index (Phi) is 3.99. The molecule has 0 atom stereocenters. The van der Waals surface area contributed by atoms with Crippen LogP contribution in [0.1, 0.15) is 12.6 Å². The molecule has 3 N–H and O–H groups in total. The van der Waals surface area contributed by atoms with Gasteiger partial charge in [0.05, 0.1) is 11.9 Å². The van der Waals surface area contributed by atoms with E-state index in [1.807, 2.05) is 6.07 Å². The minimum Gasteiger partial charge on any atom is -0.409 e. The molecule has 1 aromatic heterocycles. The minimum atomic E-state index is 0.0392. The lowest BCUT2D eigenvalue weighted by Crippen LogP contribution is -2.46. The Morgan fingerprint density at radius 3 is 2.61 bits per heavy atom. The van der Waals surface area contributed by atoms with Crippen molar-refractivity contribution in [2.45, 2.75) is 6.92 Å². The highest BCUT2D eigenvalue weighted by atomic mass is 16.4. The van der Waals surface area contributed by atoms with E-state index in [-0.39, 0.29) is 5.84 Å². The molecule has 1 aliphatic rings. The summed E-state index contributed by atoms with van der Waals surface area (Å²) in [7, 11) is 0. The SMILES string of the molecule is CCN1CCN(c2ccc(/C(N)=N/O)nc2)CC1. The molecule has 0 spiro atoms. The summed E-state index contributed by atoms with van der Waals surface area (Å²) in [6, 6.07) is 3.73. The molecule has 0 aromatic carbocycles. The highest BCUT2D eigenvalue weighted by Crippen LogP contribution is 2.15. The maximum Gasteiger partial charge on any atom is 0.188 e. The maximum absolute atomic E-state index is 8.57. The summed E-state index contributed by atoms with van der Waals surface area (Å²) in [5.74, 6) is 0.0392. The van der Waals surface area contributed by atoms with E-state index in [4.69, 9.17) is 10.9 Å². The van der Waals surface area contributed by atoms with Crippen LogP contribution in [0.2, 0.25) is 0 Å². The van der Waals surface area contributed by atoms with Gasteiger partial charge in [0, 0.05) is 26.2 Å². The molecule has 0 aliphatic carbocycles. The number of oxime groups is 1. The smallest absolute Gasteiger partial charge is 0.188 e. The quantitative estimate of drug-likeness (QED) is 0.349. The number of nitrogens with zero attached hydrogens (tertiary/aromatic N) is 4. The molecule has 1 aromatic rings. The van der Waals surface area contributed by atoms with Crippen molar-refractivity contribution < 1.29 is 5.21 Å². The number of hydrogen-bond acceptors (Lipinski definition) is 5. The van der Waals surface area contributed by atoms with E-state index in [0.29, 0.717) is 5.69 Å². The van der Waals surface area contributed by atoms with E-state index in [9.17, 15) is 0 Å². The van der Waals surface area contributed by atoms with Crippen LogP contribution in [0.5, 0.6) is 0 Å². The average Bonchev–Trinajstić information content (AvgIpc) is 2.47. The second kappa shape index (κ2) is 5.68. The van der Waals surface area contributed by atoms with E-state index in [2.05, 4.69) is 26.9 Å². The van der Waals surface area contributed by atoms with Gasteiger partial charge < -0.3 is 20.7 Å². The number of amidine groups is 1. The number of anilines is 1. The highest BCUT2D eigenvalue weighted by molar-refractivity contribution is 5.95. The first-order valence-electron chi connectivity index (χ1n) is 6.16. The van der Waals surface area contributed by atoms with Crippen molar-refractivity contribution >= 4 is 11.5 Å². The summed E-state index contributed by atoms with van der Waals surface area (Å²) in [6.45, 7) is 7.48. The Bertz CT molecular complexity index is 409. The van der Waals surface area contributed by atoms with Crippen LogP contribution >= 0.6 is 0 Å². The first-order valence-corrected chi connectivity index (χ1v) is 6.16. The highest BCUT2D eigenvalue weighted by Gasteiger charge is 2.16. The molecule has 1 fully saturated rings. The standard InChI is InChI=1S/C12H19N5O/c1-2-16-5-7-17(8-6-16)10-3-4-11(14-9-10)12(13)15-18/h3-4,9,18H,2,5-8H2,1H3,(H2,13,15). The van der Waals surface area contributed by atoms with Gasteiger partial charge in [0.15, 0.2) is 5.84 Å². The zero-order valence-corrected chi connectivity index (χ0v) is 10.6. The molecule has 18 heavy (non-hydrogen) atoms. The summed E-state index contributed by atoms with van der Waals surface area (Å²) in [6.07, 6.45) is 1.77. The van der Waals surface area contributed by atoms with Crippen molar-refractivity contribution in [3.05, 3.63) is 24.0 Å². The maximum atomic E-state index is 8.57.